The normalized spacial score (nSPS) is 18.5. The average molecular weight is 272 g/mol. The van der Waals surface area contributed by atoms with Gasteiger partial charge in [0.15, 0.2) is 0 Å². The zero-order chi connectivity index (χ0) is 14.3. The fourth-order valence-electron chi connectivity index (χ4n) is 1.81. The molecule has 2 amide bonds. The Morgan fingerprint density at radius 2 is 2.26 bits per heavy atom. The topological polar surface area (TPSA) is 95.9 Å². The van der Waals surface area contributed by atoms with Crippen LogP contribution in [0.25, 0.3) is 0 Å². The molecule has 1 unspecified atom stereocenters. The molecule has 7 nitrogen and oxygen atoms in total. The van der Waals surface area contributed by atoms with E-state index in [0.717, 1.165) is 12.8 Å². The van der Waals surface area contributed by atoms with E-state index < -0.39 is 18.0 Å². The third-order valence-electron chi connectivity index (χ3n) is 2.95. The second-order valence-electron chi connectivity index (χ2n) is 4.50. The van der Waals surface area contributed by atoms with E-state index in [1.54, 1.807) is 0 Å². The summed E-state index contributed by atoms with van der Waals surface area (Å²) in [5, 5.41) is 11.3. The molecule has 0 saturated carbocycles. The third kappa shape index (κ3) is 5.15. The molecule has 2 N–H and O–H groups in total. The van der Waals surface area contributed by atoms with Crippen LogP contribution in [0.5, 0.6) is 0 Å². The van der Waals surface area contributed by atoms with Crippen molar-refractivity contribution in [2.75, 3.05) is 26.2 Å². The number of unbranched alkanes of at least 4 members (excludes halogenated alkanes) is 1. The van der Waals surface area contributed by atoms with E-state index in [1.165, 1.54) is 4.90 Å². The molecule has 19 heavy (non-hydrogen) atoms. The monoisotopic (exact) mass is 272 g/mol. The van der Waals surface area contributed by atoms with Crippen molar-refractivity contribution in [3.63, 3.8) is 0 Å². The molecule has 7 heteroatoms. The van der Waals surface area contributed by atoms with Gasteiger partial charge >= 0.3 is 12.1 Å². The van der Waals surface area contributed by atoms with Gasteiger partial charge in [0, 0.05) is 26.1 Å². The van der Waals surface area contributed by atoms with Crippen molar-refractivity contribution in [1.82, 2.24) is 10.2 Å². The molecule has 0 aliphatic carbocycles. The second kappa shape index (κ2) is 7.60. The third-order valence-corrected chi connectivity index (χ3v) is 2.95. The molecule has 0 aromatic rings. The first-order chi connectivity index (χ1) is 9.04. The molecule has 1 rings (SSSR count). The first kappa shape index (κ1) is 15.3. The fraction of sp³-hybridized carbons (Fsp3) is 0.750. The Balaban J connectivity index is 2.17. The van der Waals surface area contributed by atoms with E-state index in [1.807, 2.05) is 6.92 Å². The predicted molar refractivity (Wildman–Crippen MR) is 66.6 cm³/mol. The summed E-state index contributed by atoms with van der Waals surface area (Å²) in [6.07, 6.45) is 1.30. The molecular weight excluding hydrogens is 252 g/mol. The SMILES string of the molecule is CCCCOC(=O)NCCN1CC(C(=O)O)CC1=O. The number of ether oxygens (including phenoxy) is 1. The number of nitrogens with one attached hydrogen (secondary N) is 1. The molecule has 1 saturated heterocycles. The Bertz CT molecular complexity index is 345. The van der Waals surface area contributed by atoms with E-state index in [4.69, 9.17) is 9.84 Å². The van der Waals surface area contributed by atoms with E-state index in [-0.39, 0.29) is 25.4 Å². The van der Waals surface area contributed by atoms with Gasteiger partial charge in [0.2, 0.25) is 5.91 Å². The number of carbonyl (C=O) groups excluding carboxylic acids is 2. The number of rotatable bonds is 7. The number of alkyl carbamates (subject to hydrolysis) is 1. The molecule has 0 aromatic heterocycles. The van der Waals surface area contributed by atoms with Crippen molar-refractivity contribution in [3.05, 3.63) is 0 Å². The fourth-order valence-corrected chi connectivity index (χ4v) is 1.81. The van der Waals surface area contributed by atoms with E-state index in [2.05, 4.69) is 5.32 Å². The molecule has 0 radical (unpaired) electrons. The summed E-state index contributed by atoms with van der Waals surface area (Å²) in [6, 6.07) is 0. The van der Waals surface area contributed by atoms with Crippen molar-refractivity contribution < 1.29 is 24.2 Å². The molecule has 0 spiro atoms. The number of likely N-dealkylation sites (tertiary alicyclic amines) is 1. The van der Waals surface area contributed by atoms with Gasteiger partial charge in [-0.2, -0.15) is 0 Å². The van der Waals surface area contributed by atoms with Crippen LogP contribution in [0.1, 0.15) is 26.2 Å². The second-order valence-corrected chi connectivity index (χ2v) is 4.50. The van der Waals surface area contributed by atoms with E-state index >= 15 is 0 Å². The van der Waals surface area contributed by atoms with Gasteiger partial charge in [-0.15, -0.1) is 0 Å². The summed E-state index contributed by atoms with van der Waals surface area (Å²) in [5.41, 5.74) is 0. The van der Waals surface area contributed by atoms with Gasteiger partial charge in [0.1, 0.15) is 0 Å². The molecule has 1 aliphatic heterocycles. The standard InChI is InChI=1S/C12H20N2O5/c1-2-3-6-19-12(18)13-4-5-14-8-9(11(16)17)7-10(14)15/h9H,2-8H2,1H3,(H,13,18)(H,16,17). The summed E-state index contributed by atoms with van der Waals surface area (Å²) in [6.45, 7) is 3.17. The lowest BCUT2D eigenvalue weighted by molar-refractivity contribution is -0.141. The highest BCUT2D eigenvalue weighted by molar-refractivity contribution is 5.86. The van der Waals surface area contributed by atoms with Crippen LogP contribution in [0.2, 0.25) is 0 Å². The largest absolute Gasteiger partial charge is 0.481 e. The first-order valence-corrected chi connectivity index (χ1v) is 6.45. The van der Waals surface area contributed by atoms with Crippen LogP contribution in [0.15, 0.2) is 0 Å². The number of aliphatic carboxylic acids is 1. The van der Waals surface area contributed by atoms with Crippen LogP contribution in [-0.4, -0.2) is 54.2 Å². The Morgan fingerprint density at radius 1 is 1.53 bits per heavy atom. The maximum Gasteiger partial charge on any atom is 0.407 e. The molecule has 1 atom stereocenters. The van der Waals surface area contributed by atoms with Crippen LogP contribution in [0, 0.1) is 5.92 Å². The average Bonchev–Trinajstić information content (AvgIpc) is 2.72. The van der Waals surface area contributed by atoms with E-state index in [0.29, 0.717) is 13.2 Å². The van der Waals surface area contributed by atoms with Crippen LogP contribution in [-0.2, 0) is 14.3 Å². The van der Waals surface area contributed by atoms with Crippen LogP contribution in [0.4, 0.5) is 4.79 Å². The summed E-state index contributed by atoms with van der Waals surface area (Å²) < 4.78 is 4.89. The van der Waals surface area contributed by atoms with Gasteiger partial charge in [-0.1, -0.05) is 13.3 Å². The van der Waals surface area contributed by atoms with E-state index in [9.17, 15) is 14.4 Å². The van der Waals surface area contributed by atoms with Crippen molar-refractivity contribution >= 4 is 18.0 Å². The van der Waals surface area contributed by atoms with Crippen molar-refractivity contribution in [2.24, 2.45) is 5.92 Å². The molecule has 108 valence electrons. The van der Waals surface area contributed by atoms with Crippen molar-refractivity contribution in [1.29, 1.82) is 0 Å². The molecule has 0 aromatic carbocycles. The summed E-state index contributed by atoms with van der Waals surface area (Å²) in [5.74, 6) is -1.78. The number of nitrogens with zero attached hydrogens (tertiary/aromatic N) is 1. The van der Waals surface area contributed by atoms with Crippen LogP contribution >= 0.6 is 0 Å². The Hall–Kier alpha value is -1.79. The quantitative estimate of drug-likeness (QED) is 0.656. The first-order valence-electron chi connectivity index (χ1n) is 6.45. The lowest BCUT2D eigenvalue weighted by Gasteiger charge is -2.16. The summed E-state index contributed by atoms with van der Waals surface area (Å²) in [7, 11) is 0. The number of hydrogen-bond donors (Lipinski definition) is 2. The summed E-state index contributed by atoms with van der Waals surface area (Å²) >= 11 is 0. The zero-order valence-electron chi connectivity index (χ0n) is 11.1. The van der Waals surface area contributed by atoms with Crippen molar-refractivity contribution in [3.8, 4) is 0 Å². The van der Waals surface area contributed by atoms with Gasteiger partial charge < -0.3 is 20.1 Å². The minimum atomic E-state index is -0.956. The maximum absolute atomic E-state index is 11.5. The van der Waals surface area contributed by atoms with Crippen LogP contribution in [0.3, 0.4) is 0 Å². The van der Waals surface area contributed by atoms with Gasteiger partial charge in [0.25, 0.3) is 0 Å². The number of amides is 2. The highest BCUT2D eigenvalue weighted by Gasteiger charge is 2.33. The maximum atomic E-state index is 11.5. The lowest BCUT2D eigenvalue weighted by Crippen LogP contribution is -2.36. The Morgan fingerprint density at radius 3 is 2.84 bits per heavy atom. The molecular formula is C12H20N2O5. The Labute approximate surface area is 111 Å². The molecule has 1 heterocycles. The number of carboxylic acid groups (broad SMARTS) is 1. The van der Waals surface area contributed by atoms with Gasteiger partial charge in [-0.05, 0) is 6.42 Å². The molecule has 1 fully saturated rings. The highest BCUT2D eigenvalue weighted by Crippen LogP contribution is 2.16. The number of carboxylic acids is 1. The van der Waals surface area contributed by atoms with Gasteiger partial charge in [0.05, 0.1) is 12.5 Å². The Kier molecular flexibility index (Phi) is 6.11. The number of carbonyl (C=O) groups is 3. The van der Waals surface area contributed by atoms with Gasteiger partial charge in [-0.25, -0.2) is 4.79 Å². The minimum Gasteiger partial charge on any atom is -0.481 e. The predicted octanol–water partition coefficient (Wildman–Crippen LogP) is 0.446. The lowest BCUT2D eigenvalue weighted by atomic mass is 10.1. The smallest absolute Gasteiger partial charge is 0.407 e. The summed E-state index contributed by atoms with van der Waals surface area (Å²) in [4.78, 5) is 34.9. The zero-order valence-corrected chi connectivity index (χ0v) is 11.1. The van der Waals surface area contributed by atoms with Crippen molar-refractivity contribution in [2.45, 2.75) is 26.2 Å². The number of hydrogen-bond acceptors (Lipinski definition) is 4. The molecule has 1 aliphatic rings. The van der Waals surface area contributed by atoms with Gasteiger partial charge in [-0.3, -0.25) is 9.59 Å². The van der Waals surface area contributed by atoms with Crippen LogP contribution < -0.4 is 5.32 Å². The highest BCUT2D eigenvalue weighted by atomic mass is 16.5. The molecule has 0 bridgehead atoms. The minimum absolute atomic E-state index is 0.0380.